The zero-order chi connectivity index (χ0) is 11.4. The molecule has 1 unspecified atom stereocenters. The first-order valence-corrected chi connectivity index (χ1v) is 5.91. The Morgan fingerprint density at radius 1 is 1.38 bits per heavy atom. The summed E-state index contributed by atoms with van der Waals surface area (Å²) in [7, 11) is 0. The van der Waals surface area contributed by atoms with Crippen LogP contribution in [0, 0.1) is 0 Å². The van der Waals surface area contributed by atoms with Crippen LogP contribution in [0.4, 0.5) is 4.79 Å². The van der Waals surface area contributed by atoms with Gasteiger partial charge in [0.15, 0.2) is 0 Å². The van der Waals surface area contributed by atoms with Gasteiger partial charge < -0.3 is 10.2 Å². The van der Waals surface area contributed by atoms with Gasteiger partial charge in [-0.1, -0.05) is 37.3 Å². The Kier molecular flexibility index (Phi) is 3.44. The smallest absolute Gasteiger partial charge is 0.317 e. The summed E-state index contributed by atoms with van der Waals surface area (Å²) in [4.78, 5) is 13.6. The number of hydrogen-bond acceptors (Lipinski definition) is 1. The molecule has 16 heavy (non-hydrogen) atoms. The third kappa shape index (κ3) is 2.35. The summed E-state index contributed by atoms with van der Waals surface area (Å²) in [5.74, 6) is 0. The number of hydrogen-bond donors (Lipinski definition) is 1. The first kappa shape index (κ1) is 11.0. The maximum Gasteiger partial charge on any atom is 0.317 e. The molecule has 1 aromatic carbocycles. The lowest BCUT2D eigenvalue weighted by atomic mass is 10.0. The highest BCUT2D eigenvalue weighted by Gasteiger charge is 2.22. The predicted molar refractivity (Wildman–Crippen MR) is 64.2 cm³/mol. The van der Waals surface area contributed by atoms with Crippen molar-refractivity contribution >= 4 is 6.03 Å². The molecule has 1 fully saturated rings. The maximum absolute atomic E-state index is 11.8. The number of urea groups is 1. The summed E-state index contributed by atoms with van der Waals surface area (Å²) < 4.78 is 0. The van der Waals surface area contributed by atoms with Crippen molar-refractivity contribution in [2.45, 2.75) is 25.8 Å². The highest BCUT2D eigenvalue weighted by molar-refractivity contribution is 5.75. The molecule has 0 saturated carbocycles. The van der Waals surface area contributed by atoms with Crippen molar-refractivity contribution in [3.63, 3.8) is 0 Å². The van der Waals surface area contributed by atoms with E-state index in [1.165, 1.54) is 5.56 Å². The SMILES string of the molecule is CCC(NC(=O)N1CCC1)c1ccccc1. The van der Waals surface area contributed by atoms with Crippen LogP contribution in [0.15, 0.2) is 30.3 Å². The summed E-state index contributed by atoms with van der Waals surface area (Å²) in [6, 6.07) is 10.3. The molecule has 86 valence electrons. The number of nitrogens with one attached hydrogen (secondary N) is 1. The lowest BCUT2D eigenvalue weighted by Gasteiger charge is -2.32. The number of benzene rings is 1. The van der Waals surface area contributed by atoms with E-state index in [0.29, 0.717) is 0 Å². The molecular weight excluding hydrogens is 200 g/mol. The third-order valence-electron chi connectivity index (χ3n) is 3.05. The van der Waals surface area contributed by atoms with E-state index in [4.69, 9.17) is 0 Å². The lowest BCUT2D eigenvalue weighted by Crippen LogP contribution is -2.48. The summed E-state index contributed by atoms with van der Waals surface area (Å²) in [6.45, 7) is 3.89. The van der Waals surface area contributed by atoms with Crippen molar-refractivity contribution in [3.8, 4) is 0 Å². The molecule has 1 saturated heterocycles. The molecule has 0 aliphatic carbocycles. The standard InChI is InChI=1S/C13H18N2O/c1-2-12(11-7-4-3-5-8-11)14-13(16)15-9-6-10-15/h3-5,7-8,12H,2,6,9-10H2,1H3,(H,14,16). The van der Waals surface area contributed by atoms with Gasteiger partial charge in [0.05, 0.1) is 6.04 Å². The maximum atomic E-state index is 11.8. The largest absolute Gasteiger partial charge is 0.331 e. The predicted octanol–water partition coefficient (Wildman–Crippen LogP) is 2.55. The Balaban J connectivity index is 1.97. The van der Waals surface area contributed by atoms with Gasteiger partial charge in [0.25, 0.3) is 0 Å². The number of carbonyl (C=O) groups is 1. The topological polar surface area (TPSA) is 32.3 Å². The molecule has 0 spiro atoms. The molecule has 1 N–H and O–H groups in total. The molecule has 1 aliphatic rings. The molecule has 0 bridgehead atoms. The quantitative estimate of drug-likeness (QED) is 0.830. The van der Waals surface area contributed by atoms with Crippen LogP contribution < -0.4 is 5.32 Å². The molecule has 0 aromatic heterocycles. The Hall–Kier alpha value is -1.51. The molecule has 2 amide bonds. The fraction of sp³-hybridized carbons (Fsp3) is 0.462. The van der Waals surface area contributed by atoms with E-state index < -0.39 is 0 Å². The molecule has 1 heterocycles. The highest BCUT2D eigenvalue weighted by Crippen LogP contribution is 2.17. The van der Waals surface area contributed by atoms with Crippen LogP contribution in [-0.4, -0.2) is 24.0 Å². The minimum Gasteiger partial charge on any atom is -0.331 e. The first-order valence-electron chi connectivity index (χ1n) is 5.91. The molecule has 1 aliphatic heterocycles. The van der Waals surface area contributed by atoms with E-state index in [2.05, 4.69) is 24.4 Å². The second kappa shape index (κ2) is 5.01. The van der Waals surface area contributed by atoms with Crippen molar-refractivity contribution in [1.82, 2.24) is 10.2 Å². The minimum atomic E-state index is 0.0713. The minimum absolute atomic E-state index is 0.0713. The third-order valence-corrected chi connectivity index (χ3v) is 3.05. The lowest BCUT2D eigenvalue weighted by molar-refractivity contribution is 0.163. The molecule has 0 radical (unpaired) electrons. The van der Waals surface area contributed by atoms with Crippen LogP contribution in [-0.2, 0) is 0 Å². The number of likely N-dealkylation sites (tertiary alicyclic amines) is 1. The van der Waals surface area contributed by atoms with E-state index in [1.54, 1.807) is 0 Å². The van der Waals surface area contributed by atoms with Crippen LogP contribution >= 0.6 is 0 Å². The van der Waals surface area contributed by atoms with Gasteiger partial charge >= 0.3 is 6.03 Å². The molecule has 1 aromatic rings. The van der Waals surface area contributed by atoms with E-state index in [-0.39, 0.29) is 12.1 Å². The Labute approximate surface area is 96.5 Å². The first-order chi connectivity index (χ1) is 7.81. The average Bonchev–Trinajstić information content (AvgIpc) is 2.24. The fourth-order valence-corrected chi connectivity index (χ4v) is 1.87. The van der Waals surface area contributed by atoms with Crippen molar-refractivity contribution in [1.29, 1.82) is 0 Å². The molecule has 1 atom stereocenters. The summed E-state index contributed by atoms with van der Waals surface area (Å²) in [5.41, 5.74) is 1.18. The van der Waals surface area contributed by atoms with Crippen molar-refractivity contribution < 1.29 is 4.79 Å². The van der Waals surface area contributed by atoms with Gasteiger partial charge in [-0.3, -0.25) is 0 Å². The van der Waals surface area contributed by atoms with Crippen LogP contribution in [0.3, 0.4) is 0 Å². The number of amides is 2. The molecule has 3 nitrogen and oxygen atoms in total. The number of rotatable bonds is 3. The van der Waals surface area contributed by atoms with Gasteiger partial charge in [-0.15, -0.1) is 0 Å². The van der Waals surface area contributed by atoms with Gasteiger partial charge in [0.2, 0.25) is 0 Å². The van der Waals surface area contributed by atoms with Crippen molar-refractivity contribution in [2.75, 3.05) is 13.1 Å². The number of nitrogens with zero attached hydrogens (tertiary/aromatic N) is 1. The Morgan fingerprint density at radius 2 is 2.06 bits per heavy atom. The molecule has 2 rings (SSSR count). The Bertz CT molecular complexity index is 346. The summed E-state index contributed by atoms with van der Waals surface area (Å²) in [6.07, 6.45) is 2.05. The van der Waals surface area contributed by atoms with Gasteiger partial charge in [0, 0.05) is 13.1 Å². The van der Waals surface area contributed by atoms with E-state index in [9.17, 15) is 4.79 Å². The van der Waals surface area contributed by atoms with Gasteiger partial charge in [-0.05, 0) is 18.4 Å². The fourth-order valence-electron chi connectivity index (χ4n) is 1.87. The molecule has 3 heteroatoms. The Morgan fingerprint density at radius 3 is 2.56 bits per heavy atom. The highest BCUT2D eigenvalue weighted by atomic mass is 16.2. The second-order valence-corrected chi connectivity index (χ2v) is 4.16. The van der Waals surface area contributed by atoms with Crippen molar-refractivity contribution in [2.24, 2.45) is 0 Å². The van der Waals surface area contributed by atoms with Crippen LogP contribution in [0.2, 0.25) is 0 Å². The second-order valence-electron chi connectivity index (χ2n) is 4.16. The van der Waals surface area contributed by atoms with Gasteiger partial charge in [-0.2, -0.15) is 0 Å². The normalized spacial score (nSPS) is 16.4. The summed E-state index contributed by atoms with van der Waals surface area (Å²) in [5, 5.41) is 3.07. The zero-order valence-corrected chi connectivity index (χ0v) is 9.65. The van der Waals surface area contributed by atoms with E-state index in [1.807, 2.05) is 23.1 Å². The van der Waals surface area contributed by atoms with Gasteiger partial charge in [-0.25, -0.2) is 4.79 Å². The average molecular weight is 218 g/mol. The monoisotopic (exact) mass is 218 g/mol. The van der Waals surface area contributed by atoms with E-state index in [0.717, 1.165) is 25.9 Å². The zero-order valence-electron chi connectivity index (χ0n) is 9.65. The number of carbonyl (C=O) groups excluding carboxylic acids is 1. The van der Waals surface area contributed by atoms with E-state index >= 15 is 0 Å². The van der Waals surface area contributed by atoms with Crippen LogP contribution in [0.25, 0.3) is 0 Å². The van der Waals surface area contributed by atoms with Gasteiger partial charge in [0.1, 0.15) is 0 Å². The summed E-state index contributed by atoms with van der Waals surface area (Å²) >= 11 is 0. The van der Waals surface area contributed by atoms with Crippen LogP contribution in [0.1, 0.15) is 31.4 Å². The molecular formula is C13H18N2O. The van der Waals surface area contributed by atoms with Crippen LogP contribution in [0.5, 0.6) is 0 Å². The van der Waals surface area contributed by atoms with Crippen molar-refractivity contribution in [3.05, 3.63) is 35.9 Å².